The molecular weight excluding hydrogens is 252 g/mol. The van der Waals surface area contributed by atoms with Crippen molar-refractivity contribution in [2.75, 3.05) is 0 Å². The molecule has 1 aromatic carbocycles. The predicted octanol–water partition coefficient (Wildman–Crippen LogP) is 3.32. The molecule has 0 saturated heterocycles. The number of imidazole rings is 1. The van der Waals surface area contributed by atoms with Gasteiger partial charge in [-0.05, 0) is 23.6 Å². The predicted molar refractivity (Wildman–Crippen MR) is 77.4 cm³/mol. The Bertz CT molecular complexity index is 576. The van der Waals surface area contributed by atoms with Crippen molar-refractivity contribution in [3.05, 3.63) is 53.1 Å². The first kappa shape index (κ1) is 14.3. The summed E-state index contributed by atoms with van der Waals surface area (Å²) < 4.78 is 5.22. The SMILES string of the molecule is CCC(=O)OCc1cccc([C@H](C)c2cnc[nH]2)c1C. The van der Waals surface area contributed by atoms with Gasteiger partial charge in [0.15, 0.2) is 0 Å². The van der Waals surface area contributed by atoms with E-state index in [0.717, 1.165) is 11.3 Å². The first-order chi connectivity index (χ1) is 9.63. The smallest absolute Gasteiger partial charge is 0.305 e. The molecule has 1 N–H and O–H groups in total. The summed E-state index contributed by atoms with van der Waals surface area (Å²) in [6.45, 7) is 6.34. The van der Waals surface area contributed by atoms with Gasteiger partial charge >= 0.3 is 5.97 Å². The van der Waals surface area contributed by atoms with Gasteiger partial charge in [0, 0.05) is 24.2 Å². The monoisotopic (exact) mass is 272 g/mol. The van der Waals surface area contributed by atoms with Crippen LogP contribution in [0.25, 0.3) is 0 Å². The Labute approximate surface area is 119 Å². The highest BCUT2D eigenvalue weighted by atomic mass is 16.5. The first-order valence-electron chi connectivity index (χ1n) is 6.85. The first-order valence-corrected chi connectivity index (χ1v) is 6.85. The molecule has 0 amide bonds. The Balaban J connectivity index is 2.21. The fraction of sp³-hybridized carbons (Fsp3) is 0.375. The zero-order valence-electron chi connectivity index (χ0n) is 12.1. The van der Waals surface area contributed by atoms with Crippen molar-refractivity contribution in [3.63, 3.8) is 0 Å². The number of nitrogens with one attached hydrogen (secondary N) is 1. The lowest BCUT2D eigenvalue weighted by Gasteiger charge is -2.16. The Morgan fingerprint density at radius 2 is 2.25 bits per heavy atom. The number of hydrogen-bond acceptors (Lipinski definition) is 3. The number of H-pyrrole nitrogens is 1. The van der Waals surface area contributed by atoms with Gasteiger partial charge in [0.05, 0.1) is 6.33 Å². The third kappa shape index (κ3) is 3.07. The topological polar surface area (TPSA) is 55.0 Å². The van der Waals surface area contributed by atoms with Gasteiger partial charge in [-0.15, -0.1) is 0 Å². The molecule has 4 nitrogen and oxygen atoms in total. The van der Waals surface area contributed by atoms with Gasteiger partial charge < -0.3 is 9.72 Å². The zero-order valence-corrected chi connectivity index (χ0v) is 12.1. The minimum atomic E-state index is -0.170. The van der Waals surface area contributed by atoms with Crippen LogP contribution in [0.1, 0.15) is 48.6 Å². The molecule has 0 aliphatic rings. The maximum atomic E-state index is 11.3. The molecule has 2 aromatic rings. The van der Waals surface area contributed by atoms with E-state index in [0.29, 0.717) is 13.0 Å². The molecule has 0 bridgehead atoms. The fourth-order valence-electron chi connectivity index (χ4n) is 2.26. The summed E-state index contributed by atoms with van der Waals surface area (Å²) in [5, 5.41) is 0. The number of carbonyl (C=O) groups excluding carboxylic acids is 1. The molecule has 4 heteroatoms. The van der Waals surface area contributed by atoms with Gasteiger partial charge in [-0.3, -0.25) is 4.79 Å². The second-order valence-corrected chi connectivity index (χ2v) is 4.87. The van der Waals surface area contributed by atoms with Crippen LogP contribution in [-0.4, -0.2) is 15.9 Å². The molecular formula is C16H20N2O2. The number of carbonyl (C=O) groups is 1. The molecule has 0 saturated carbocycles. The molecule has 0 aliphatic carbocycles. The third-order valence-electron chi connectivity index (χ3n) is 3.62. The Kier molecular flexibility index (Phi) is 4.56. The maximum Gasteiger partial charge on any atom is 0.305 e. The summed E-state index contributed by atoms with van der Waals surface area (Å²) in [6, 6.07) is 6.11. The molecule has 1 aromatic heterocycles. The van der Waals surface area contributed by atoms with E-state index in [4.69, 9.17) is 4.74 Å². The highest BCUT2D eigenvalue weighted by molar-refractivity contribution is 5.68. The summed E-state index contributed by atoms with van der Waals surface area (Å²) in [6.07, 6.45) is 3.94. The van der Waals surface area contributed by atoms with Crippen molar-refractivity contribution >= 4 is 5.97 Å². The number of ether oxygens (including phenoxy) is 1. The van der Waals surface area contributed by atoms with Crippen molar-refractivity contribution in [2.45, 2.75) is 39.7 Å². The van der Waals surface area contributed by atoms with Gasteiger partial charge in [-0.1, -0.05) is 32.0 Å². The van der Waals surface area contributed by atoms with E-state index in [1.807, 2.05) is 18.3 Å². The van der Waals surface area contributed by atoms with Crippen LogP contribution in [0, 0.1) is 6.92 Å². The number of nitrogens with zero attached hydrogens (tertiary/aromatic N) is 1. The lowest BCUT2D eigenvalue weighted by molar-refractivity contribution is -0.144. The standard InChI is InChI=1S/C16H20N2O2/c1-4-16(19)20-9-13-6-5-7-14(11(13)2)12(3)15-8-17-10-18-15/h5-8,10,12H,4,9H2,1-3H3,(H,17,18)/t12-/m0/s1. The van der Waals surface area contributed by atoms with E-state index in [-0.39, 0.29) is 11.9 Å². The number of rotatable bonds is 5. The van der Waals surface area contributed by atoms with Gasteiger partial charge in [-0.2, -0.15) is 0 Å². The minimum absolute atomic E-state index is 0.170. The summed E-state index contributed by atoms with van der Waals surface area (Å²) >= 11 is 0. The van der Waals surface area contributed by atoms with E-state index < -0.39 is 0 Å². The molecule has 2 rings (SSSR count). The number of aromatic amines is 1. The van der Waals surface area contributed by atoms with Crippen molar-refractivity contribution in [1.82, 2.24) is 9.97 Å². The average molecular weight is 272 g/mol. The molecule has 0 aliphatic heterocycles. The Morgan fingerprint density at radius 3 is 2.90 bits per heavy atom. The molecule has 106 valence electrons. The van der Waals surface area contributed by atoms with E-state index in [1.165, 1.54) is 11.1 Å². The molecule has 0 spiro atoms. The summed E-state index contributed by atoms with van der Waals surface area (Å²) in [5.41, 5.74) is 4.52. The number of hydrogen-bond donors (Lipinski definition) is 1. The van der Waals surface area contributed by atoms with Crippen LogP contribution < -0.4 is 0 Å². The van der Waals surface area contributed by atoms with Crippen LogP contribution >= 0.6 is 0 Å². The Hall–Kier alpha value is -2.10. The molecule has 1 atom stereocenters. The van der Waals surface area contributed by atoms with Gasteiger partial charge in [0.25, 0.3) is 0 Å². The van der Waals surface area contributed by atoms with E-state index in [1.54, 1.807) is 13.3 Å². The van der Waals surface area contributed by atoms with Crippen molar-refractivity contribution < 1.29 is 9.53 Å². The van der Waals surface area contributed by atoms with Crippen LogP contribution in [0.2, 0.25) is 0 Å². The average Bonchev–Trinajstić information content (AvgIpc) is 2.99. The second kappa shape index (κ2) is 6.37. The molecule has 20 heavy (non-hydrogen) atoms. The Morgan fingerprint density at radius 1 is 1.45 bits per heavy atom. The largest absolute Gasteiger partial charge is 0.461 e. The molecule has 0 radical (unpaired) electrons. The summed E-state index contributed by atoms with van der Waals surface area (Å²) in [5.74, 6) is 0.0655. The maximum absolute atomic E-state index is 11.3. The van der Waals surface area contributed by atoms with Crippen LogP contribution in [0.15, 0.2) is 30.7 Å². The van der Waals surface area contributed by atoms with Gasteiger partial charge in [-0.25, -0.2) is 4.98 Å². The van der Waals surface area contributed by atoms with Crippen LogP contribution in [0.5, 0.6) is 0 Å². The van der Waals surface area contributed by atoms with Crippen molar-refractivity contribution in [3.8, 4) is 0 Å². The zero-order chi connectivity index (χ0) is 14.5. The number of benzene rings is 1. The normalized spacial score (nSPS) is 12.2. The minimum Gasteiger partial charge on any atom is -0.461 e. The van der Waals surface area contributed by atoms with E-state index in [9.17, 15) is 4.79 Å². The number of esters is 1. The molecule has 0 fully saturated rings. The highest BCUT2D eigenvalue weighted by Gasteiger charge is 2.14. The third-order valence-corrected chi connectivity index (χ3v) is 3.62. The van der Waals surface area contributed by atoms with Crippen LogP contribution in [0.4, 0.5) is 0 Å². The lowest BCUT2D eigenvalue weighted by Crippen LogP contribution is -2.06. The van der Waals surface area contributed by atoms with Crippen LogP contribution in [0.3, 0.4) is 0 Å². The fourth-order valence-corrected chi connectivity index (χ4v) is 2.26. The summed E-state index contributed by atoms with van der Waals surface area (Å²) in [7, 11) is 0. The van der Waals surface area contributed by atoms with Crippen LogP contribution in [-0.2, 0) is 16.1 Å². The van der Waals surface area contributed by atoms with Crippen molar-refractivity contribution in [1.29, 1.82) is 0 Å². The number of aromatic nitrogens is 2. The molecule has 1 heterocycles. The van der Waals surface area contributed by atoms with Crippen molar-refractivity contribution in [2.24, 2.45) is 0 Å². The van der Waals surface area contributed by atoms with Gasteiger partial charge in [0.2, 0.25) is 0 Å². The summed E-state index contributed by atoms with van der Waals surface area (Å²) in [4.78, 5) is 18.5. The van der Waals surface area contributed by atoms with Gasteiger partial charge in [0.1, 0.15) is 6.61 Å². The lowest BCUT2D eigenvalue weighted by atomic mass is 9.91. The highest BCUT2D eigenvalue weighted by Crippen LogP contribution is 2.27. The quantitative estimate of drug-likeness (QED) is 0.849. The molecule has 0 unspecified atom stereocenters. The van der Waals surface area contributed by atoms with E-state index in [2.05, 4.69) is 29.9 Å². The second-order valence-electron chi connectivity index (χ2n) is 4.87. The van der Waals surface area contributed by atoms with E-state index >= 15 is 0 Å².